The summed E-state index contributed by atoms with van der Waals surface area (Å²) < 4.78 is 11.0. The van der Waals surface area contributed by atoms with Crippen molar-refractivity contribution in [2.75, 3.05) is 25.1 Å². The molecule has 0 aliphatic carbocycles. The van der Waals surface area contributed by atoms with E-state index in [4.69, 9.17) is 14.1 Å². The Morgan fingerprint density at radius 2 is 1.78 bits per heavy atom. The molecule has 1 saturated heterocycles. The molecule has 0 spiro atoms. The van der Waals surface area contributed by atoms with Crippen LogP contribution in [0.2, 0.25) is 0 Å². The smallest absolute Gasteiger partial charge is 0.417 e. The summed E-state index contributed by atoms with van der Waals surface area (Å²) in [6.07, 6.45) is -0.219. The molecule has 3 aromatic rings. The normalized spacial score (nSPS) is 16.6. The molecule has 2 aromatic carbocycles. The lowest BCUT2D eigenvalue weighted by Crippen LogP contribution is -2.37. The summed E-state index contributed by atoms with van der Waals surface area (Å²) in [6, 6.07) is 16.8. The summed E-state index contributed by atoms with van der Waals surface area (Å²) in [7, 11) is 1.46. The van der Waals surface area contributed by atoms with E-state index in [2.05, 4.69) is 15.3 Å². The van der Waals surface area contributed by atoms with Gasteiger partial charge < -0.3 is 19.0 Å². The van der Waals surface area contributed by atoms with Crippen LogP contribution in [0.4, 0.5) is 10.7 Å². The second kappa shape index (κ2) is 10.8. The second-order valence-electron chi connectivity index (χ2n) is 9.59. The van der Waals surface area contributed by atoms with Crippen molar-refractivity contribution in [3.05, 3.63) is 66.1 Å². The third kappa shape index (κ3) is 5.96. The van der Waals surface area contributed by atoms with Crippen molar-refractivity contribution in [3.63, 3.8) is 0 Å². The largest absolute Gasteiger partial charge is 0.443 e. The minimum absolute atomic E-state index is 0.0727. The van der Waals surface area contributed by atoms with Gasteiger partial charge in [-0.2, -0.15) is 4.98 Å². The van der Waals surface area contributed by atoms with Gasteiger partial charge in [-0.05, 0) is 56.1 Å². The maximum atomic E-state index is 13.5. The molecule has 1 aliphatic rings. The molecule has 0 unspecified atom stereocenters. The number of carbonyl (C=O) groups is 2. The molecule has 1 fully saturated rings. The highest BCUT2D eigenvalue weighted by atomic mass is 16.6. The molecule has 37 heavy (non-hydrogen) atoms. The van der Waals surface area contributed by atoms with Crippen LogP contribution in [0.25, 0.3) is 11.1 Å². The molecule has 10 heteroatoms. The zero-order valence-electron chi connectivity index (χ0n) is 21.7. The van der Waals surface area contributed by atoms with Gasteiger partial charge in [-0.15, -0.1) is 0 Å². The Bertz CT molecular complexity index is 1260. The summed E-state index contributed by atoms with van der Waals surface area (Å²) in [4.78, 5) is 38.5. The molecule has 0 bridgehead atoms. The number of likely N-dealkylation sites (tertiary alicyclic amines) is 1. The van der Waals surface area contributed by atoms with Crippen molar-refractivity contribution in [1.82, 2.24) is 15.0 Å². The fraction of sp³-hybridized carbons (Fsp3) is 0.370. The van der Waals surface area contributed by atoms with Gasteiger partial charge in [0, 0.05) is 18.5 Å². The molecule has 2 heterocycles. The number of amides is 2. The number of hydrogen-bond acceptors (Lipinski definition) is 8. The second-order valence-corrected chi connectivity index (χ2v) is 9.59. The highest BCUT2D eigenvalue weighted by Gasteiger charge is 2.39. The minimum atomic E-state index is -0.673. The monoisotopic (exact) mass is 505 g/mol. The van der Waals surface area contributed by atoms with Gasteiger partial charge in [-0.3, -0.25) is 4.79 Å². The van der Waals surface area contributed by atoms with E-state index in [-0.39, 0.29) is 30.8 Å². The van der Waals surface area contributed by atoms with Crippen molar-refractivity contribution in [2.24, 2.45) is 5.16 Å². The first-order valence-corrected chi connectivity index (χ1v) is 12.1. The van der Waals surface area contributed by atoms with Gasteiger partial charge in [0.1, 0.15) is 18.8 Å². The number of aromatic nitrogens is 2. The highest BCUT2D eigenvalue weighted by Crippen LogP contribution is 2.33. The van der Waals surface area contributed by atoms with Crippen LogP contribution in [0.15, 0.2) is 64.3 Å². The maximum Gasteiger partial charge on any atom is 0.417 e. The van der Waals surface area contributed by atoms with E-state index in [1.807, 2.05) is 42.5 Å². The fourth-order valence-corrected chi connectivity index (χ4v) is 4.08. The molecule has 194 valence electrons. The van der Waals surface area contributed by atoms with Crippen LogP contribution in [-0.4, -0.2) is 58.6 Å². The summed E-state index contributed by atoms with van der Waals surface area (Å²) in [5.41, 5.74) is 2.60. The van der Waals surface area contributed by atoms with Gasteiger partial charge in [0.15, 0.2) is 0 Å². The number of oxime groups is 1. The first-order valence-electron chi connectivity index (χ1n) is 12.1. The van der Waals surface area contributed by atoms with Gasteiger partial charge in [-0.1, -0.05) is 47.6 Å². The molecule has 0 saturated carbocycles. The van der Waals surface area contributed by atoms with Crippen LogP contribution in [-0.2, 0) is 9.57 Å². The Kier molecular flexibility index (Phi) is 7.56. The summed E-state index contributed by atoms with van der Waals surface area (Å²) in [6.45, 7) is 7.67. The van der Waals surface area contributed by atoms with Crippen molar-refractivity contribution >= 4 is 23.7 Å². The lowest BCUT2D eigenvalue weighted by atomic mass is 10.0. The van der Waals surface area contributed by atoms with Gasteiger partial charge in [0.2, 0.25) is 0 Å². The molecular formula is C27H31N5O5. The van der Waals surface area contributed by atoms with Crippen molar-refractivity contribution in [1.29, 1.82) is 0 Å². The minimum Gasteiger partial charge on any atom is -0.443 e. The fourth-order valence-electron chi connectivity index (χ4n) is 4.08. The van der Waals surface area contributed by atoms with E-state index < -0.39 is 17.7 Å². The van der Waals surface area contributed by atoms with Gasteiger partial charge in [0.05, 0.1) is 12.3 Å². The summed E-state index contributed by atoms with van der Waals surface area (Å²) in [5.74, 6) is 0.0706. The molecular weight excluding hydrogens is 474 g/mol. The van der Waals surface area contributed by atoms with E-state index in [0.717, 1.165) is 11.1 Å². The first-order chi connectivity index (χ1) is 17.7. The molecule has 0 radical (unpaired) electrons. The number of carbonyl (C=O) groups excluding carboxylic acids is 2. The van der Waals surface area contributed by atoms with Crippen LogP contribution >= 0.6 is 0 Å². The van der Waals surface area contributed by atoms with Gasteiger partial charge >= 0.3 is 6.09 Å². The molecule has 2 amide bonds. The van der Waals surface area contributed by atoms with Crippen LogP contribution in [0.5, 0.6) is 0 Å². The Morgan fingerprint density at radius 3 is 2.41 bits per heavy atom. The summed E-state index contributed by atoms with van der Waals surface area (Å²) >= 11 is 0. The average Bonchev–Trinajstić information content (AvgIpc) is 3.51. The van der Waals surface area contributed by atoms with Crippen LogP contribution in [0.1, 0.15) is 56.4 Å². The number of benzene rings is 2. The number of rotatable bonds is 6. The number of ether oxygens (including phenoxy) is 1. The molecule has 4 rings (SSSR count). The first kappa shape index (κ1) is 25.9. The van der Waals surface area contributed by atoms with Gasteiger partial charge in [0.25, 0.3) is 17.7 Å². The Morgan fingerprint density at radius 1 is 1.11 bits per heavy atom. The van der Waals surface area contributed by atoms with E-state index in [1.54, 1.807) is 44.7 Å². The van der Waals surface area contributed by atoms with E-state index in [9.17, 15) is 9.59 Å². The highest BCUT2D eigenvalue weighted by molar-refractivity contribution is 6.00. The van der Waals surface area contributed by atoms with E-state index >= 15 is 0 Å². The van der Waals surface area contributed by atoms with E-state index in [1.165, 1.54) is 12.0 Å². The lowest BCUT2D eigenvalue weighted by molar-refractivity contribution is 0.0578. The maximum absolute atomic E-state index is 13.5. The average molecular weight is 506 g/mol. The zero-order valence-corrected chi connectivity index (χ0v) is 21.7. The van der Waals surface area contributed by atoms with Crippen molar-refractivity contribution < 1.29 is 23.7 Å². The predicted octanol–water partition coefficient (Wildman–Crippen LogP) is 5.09. The molecule has 1 aliphatic heterocycles. The van der Waals surface area contributed by atoms with Crippen LogP contribution in [0.3, 0.4) is 0 Å². The van der Waals surface area contributed by atoms with Crippen molar-refractivity contribution in [2.45, 2.75) is 45.8 Å². The molecule has 0 N–H and O–H groups in total. The summed E-state index contributed by atoms with van der Waals surface area (Å²) in [5, 5.41) is 8.05. The Hall–Kier alpha value is -4.21. The third-order valence-corrected chi connectivity index (χ3v) is 5.77. The van der Waals surface area contributed by atoms with Crippen LogP contribution < -0.4 is 4.90 Å². The number of anilines is 1. The van der Waals surface area contributed by atoms with E-state index in [0.29, 0.717) is 17.7 Å². The Balaban J connectivity index is 1.58. The predicted molar refractivity (Wildman–Crippen MR) is 138 cm³/mol. The third-order valence-electron chi connectivity index (χ3n) is 5.77. The van der Waals surface area contributed by atoms with Crippen LogP contribution in [0, 0.1) is 0 Å². The standard InChI is InChI=1S/C27H31N5O5/c1-6-31(26(34)36-27(2,3)4)25-28-23(37-30-25)22-16-21(29-35-5)17-32(22)24(33)20-14-12-19(13-15-20)18-10-8-7-9-11-18/h7-15,22H,6,16-17H2,1-5H3/b29-21+/t22-/m0/s1. The SMILES string of the molecule is CCN(C(=O)OC(C)(C)C)c1noc([C@@H]2C/C(=N\OC)CN2C(=O)c2ccc(-c3ccccc3)cc2)n1. The molecule has 1 atom stereocenters. The van der Waals surface area contributed by atoms with Crippen molar-refractivity contribution in [3.8, 4) is 11.1 Å². The number of hydrogen-bond donors (Lipinski definition) is 0. The lowest BCUT2D eigenvalue weighted by Gasteiger charge is -2.24. The number of nitrogens with zero attached hydrogens (tertiary/aromatic N) is 5. The van der Waals surface area contributed by atoms with Gasteiger partial charge in [-0.25, -0.2) is 9.69 Å². The quantitative estimate of drug-likeness (QED) is 0.429. The molecule has 10 nitrogen and oxygen atoms in total. The topological polar surface area (TPSA) is 110 Å². The Labute approximate surface area is 215 Å². The zero-order chi connectivity index (χ0) is 26.6. The molecule has 1 aromatic heterocycles.